The maximum Gasteiger partial charge on any atom is 0.150 e. The number of fused-ring (bicyclic) bond motifs is 1. The molecule has 2 aromatic rings. The monoisotopic (exact) mass is 261 g/mol. The predicted octanol–water partition coefficient (Wildman–Crippen LogP) is 2.28. The van der Waals surface area contributed by atoms with Gasteiger partial charge >= 0.3 is 0 Å². The molecule has 0 radical (unpaired) electrons. The van der Waals surface area contributed by atoms with Crippen LogP contribution in [0.2, 0.25) is 0 Å². The highest BCUT2D eigenvalue weighted by atomic mass is 19.1. The minimum atomic E-state index is -0.713. The molecule has 0 amide bonds. The molecular weight excluding hydrogens is 245 g/mol. The fraction of sp³-hybridized carbons (Fsp3) is 0.357. The standard InChI is InChI=1S/C14H16FN3O/c15-10-7-11(16)9-3-1-6-17-12(9)13(10)18-8-14(19)4-2-5-14/h1,3,6-7,18-19H,2,4-5,8,16H2. The lowest BCUT2D eigenvalue weighted by Crippen LogP contribution is -2.43. The number of hydrogen-bond acceptors (Lipinski definition) is 4. The van der Waals surface area contributed by atoms with Crippen molar-refractivity contribution < 1.29 is 9.50 Å². The molecule has 1 fully saturated rings. The van der Waals surface area contributed by atoms with Gasteiger partial charge in [-0.1, -0.05) is 0 Å². The Morgan fingerprint density at radius 1 is 1.47 bits per heavy atom. The van der Waals surface area contributed by atoms with Crippen LogP contribution in [0.5, 0.6) is 0 Å². The second-order valence-electron chi connectivity index (χ2n) is 5.15. The SMILES string of the molecule is Nc1cc(F)c(NCC2(O)CCC2)c2ncccc12. The maximum absolute atomic E-state index is 14.0. The van der Waals surface area contributed by atoms with Crippen LogP contribution in [0.25, 0.3) is 10.9 Å². The van der Waals surface area contributed by atoms with Crippen molar-refractivity contribution in [3.8, 4) is 0 Å². The van der Waals surface area contributed by atoms with Gasteiger partial charge in [0.15, 0.2) is 5.82 Å². The highest BCUT2D eigenvalue weighted by Crippen LogP contribution is 2.34. The third-order valence-corrected chi connectivity index (χ3v) is 3.76. The van der Waals surface area contributed by atoms with Crippen LogP contribution in [0.15, 0.2) is 24.4 Å². The van der Waals surface area contributed by atoms with E-state index in [0.717, 1.165) is 19.3 Å². The van der Waals surface area contributed by atoms with Gasteiger partial charge in [0, 0.05) is 23.8 Å². The number of benzene rings is 1. The van der Waals surface area contributed by atoms with Crippen molar-refractivity contribution in [2.45, 2.75) is 24.9 Å². The lowest BCUT2D eigenvalue weighted by atomic mass is 9.80. The van der Waals surface area contributed by atoms with Gasteiger partial charge in [0.2, 0.25) is 0 Å². The molecule has 19 heavy (non-hydrogen) atoms. The summed E-state index contributed by atoms with van der Waals surface area (Å²) in [7, 11) is 0. The van der Waals surface area contributed by atoms with E-state index in [-0.39, 0.29) is 0 Å². The van der Waals surface area contributed by atoms with E-state index in [1.807, 2.05) is 0 Å². The van der Waals surface area contributed by atoms with E-state index in [1.165, 1.54) is 6.07 Å². The quantitative estimate of drug-likeness (QED) is 0.741. The van der Waals surface area contributed by atoms with Gasteiger partial charge in [-0.05, 0) is 37.5 Å². The van der Waals surface area contributed by atoms with Crippen LogP contribution in [0.4, 0.5) is 15.8 Å². The zero-order valence-corrected chi connectivity index (χ0v) is 10.5. The molecular formula is C14H16FN3O. The van der Waals surface area contributed by atoms with Gasteiger partial charge in [0.1, 0.15) is 0 Å². The summed E-state index contributed by atoms with van der Waals surface area (Å²) < 4.78 is 14.0. The Hall–Kier alpha value is -1.88. The van der Waals surface area contributed by atoms with Gasteiger partial charge in [-0.25, -0.2) is 4.39 Å². The van der Waals surface area contributed by atoms with Crippen LogP contribution in [0.1, 0.15) is 19.3 Å². The molecule has 0 atom stereocenters. The van der Waals surface area contributed by atoms with Crippen LogP contribution in [0, 0.1) is 5.82 Å². The molecule has 100 valence electrons. The summed E-state index contributed by atoms with van der Waals surface area (Å²) in [6, 6.07) is 4.86. The van der Waals surface area contributed by atoms with E-state index in [9.17, 15) is 9.50 Å². The number of nitrogens with two attached hydrogens (primary N) is 1. The summed E-state index contributed by atoms with van der Waals surface area (Å²) in [5, 5.41) is 13.8. The molecule has 5 heteroatoms. The molecule has 0 bridgehead atoms. The molecule has 1 heterocycles. The van der Waals surface area contributed by atoms with Crippen molar-refractivity contribution in [2.75, 3.05) is 17.6 Å². The van der Waals surface area contributed by atoms with Gasteiger partial charge in [-0.3, -0.25) is 4.98 Å². The van der Waals surface area contributed by atoms with Crippen molar-refractivity contribution in [1.29, 1.82) is 0 Å². The number of nitrogen functional groups attached to an aromatic ring is 1. The first-order valence-corrected chi connectivity index (χ1v) is 6.38. The zero-order chi connectivity index (χ0) is 13.5. The molecule has 0 unspecified atom stereocenters. The summed E-state index contributed by atoms with van der Waals surface area (Å²) in [4.78, 5) is 4.18. The van der Waals surface area contributed by atoms with Gasteiger partial charge in [0.05, 0.1) is 16.8 Å². The number of nitrogens with zero attached hydrogens (tertiary/aromatic N) is 1. The van der Waals surface area contributed by atoms with E-state index in [4.69, 9.17) is 5.73 Å². The molecule has 1 aromatic heterocycles. The highest BCUT2D eigenvalue weighted by Gasteiger charge is 2.34. The zero-order valence-electron chi connectivity index (χ0n) is 10.5. The Kier molecular flexibility index (Phi) is 2.78. The topological polar surface area (TPSA) is 71.2 Å². The van der Waals surface area contributed by atoms with Crippen LogP contribution in [-0.4, -0.2) is 22.2 Å². The Balaban J connectivity index is 1.97. The Morgan fingerprint density at radius 3 is 2.95 bits per heavy atom. The predicted molar refractivity (Wildman–Crippen MR) is 73.4 cm³/mol. The van der Waals surface area contributed by atoms with Gasteiger partial charge in [0.25, 0.3) is 0 Å². The summed E-state index contributed by atoms with van der Waals surface area (Å²) in [6.45, 7) is 0.333. The molecule has 0 spiro atoms. The van der Waals surface area contributed by atoms with Gasteiger partial charge < -0.3 is 16.2 Å². The minimum Gasteiger partial charge on any atom is -0.398 e. The average Bonchev–Trinajstić information content (AvgIpc) is 2.36. The van der Waals surface area contributed by atoms with Crippen molar-refractivity contribution in [1.82, 2.24) is 4.98 Å². The maximum atomic E-state index is 14.0. The van der Waals surface area contributed by atoms with Gasteiger partial charge in [-0.15, -0.1) is 0 Å². The summed E-state index contributed by atoms with van der Waals surface area (Å²) in [5.41, 5.74) is 6.26. The third-order valence-electron chi connectivity index (χ3n) is 3.76. The minimum absolute atomic E-state index is 0.310. The largest absolute Gasteiger partial charge is 0.398 e. The fourth-order valence-electron chi connectivity index (χ4n) is 2.42. The van der Waals surface area contributed by atoms with Crippen molar-refractivity contribution in [3.63, 3.8) is 0 Å². The number of anilines is 2. The van der Waals surface area contributed by atoms with Gasteiger partial charge in [-0.2, -0.15) is 0 Å². The molecule has 1 aliphatic rings. The molecule has 1 saturated carbocycles. The smallest absolute Gasteiger partial charge is 0.150 e. The second-order valence-corrected chi connectivity index (χ2v) is 5.15. The third kappa shape index (κ3) is 2.10. The van der Waals surface area contributed by atoms with Crippen LogP contribution >= 0.6 is 0 Å². The fourth-order valence-corrected chi connectivity index (χ4v) is 2.42. The van der Waals surface area contributed by atoms with Crippen LogP contribution in [-0.2, 0) is 0 Å². The second kappa shape index (κ2) is 4.35. The normalized spacial score (nSPS) is 17.2. The van der Waals surface area contributed by atoms with Crippen LogP contribution < -0.4 is 11.1 Å². The number of aromatic nitrogens is 1. The number of aliphatic hydroxyl groups is 1. The van der Waals surface area contributed by atoms with Crippen molar-refractivity contribution >= 4 is 22.3 Å². The number of pyridine rings is 1. The summed E-state index contributed by atoms with van der Waals surface area (Å²) >= 11 is 0. The highest BCUT2D eigenvalue weighted by molar-refractivity contribution is 5.98. The lowest BCUT2D eigenvalue weighted by molar-refractivity contribution is -0.0202. The van der Waals surface area contributed by atoms with Crippen molar-refractivity contribution in [2.24, 2.45) is 0 Å². The Morgan fingerprint density at radius 2 is 2.26 bits per heavy atom. The first-order chi connectivity index (χ1) is 9.09. The molecule has 1 aromatic carbocycles. The lowest BCUT2D eigenvalue weighted by Gasteiger charge is -2.37. The van der Waals surface area contributed by atoms with Crippen LogP contribution in [0.3, 0.4) is 0 Å². The van der Waals surface area contributed by atoms with E-state index in [2.05, 4.69) is 10.3 Å². The van der Waals surface area contributed by atoms with Crippen molar-refractivity contribution in [3.05, 3.63) is 30.2 Å². The van der Waals surface area contributed by atoms with E-state index in [0.29, 0.717) is 28.8 Å². The number of nitrogens with one attached hydrogen (secondary N) is 1. The summed E-state index contributed by atoms with van der Waals surface area (Å²) in [6.07, 6.45) is 4.12. The Bertz CT molecular complexity index is 625. The van der Waals surface area contributed by atoms with E-state index >= 15 is 0 Å². The van der Waals surface area contributed by atoms with E-state index < -0.39 is 11.4 Å². The molecule has 4 N–H and O–H groups in total. The Labute approximate surface area is 110 Å². The summed E-state index contributed by atoms with van der Waals surface area (Å²) in [5.74, 6) is -0.438. The number of hydrogen-bond donors (Lipinski definition) is 3. The van der Waals surface area contributed by atoms with E-state index in [1.54, 1.807) is 18.3 Å². The molecule has 0 aliphatic heterocycles. The number of rotatable bonds is 3. The molecule has 1 aliphatic carbocycles. The number of halogens is 1. The first kappa shape index (κ1) is 12.2. The molecule has 0 saturated heterocycles. The molecule has 3 rings (SSSR count). The first-order valence-electron chi connectivity index (χ1n) is 6.38. The average molecular weight is 261 g/mol. The molecule has 4 nitrogen and oxygen atoms in total.